The Bertz CT molecular complexity index is 909. The first-order chi connectivity index (χ1) is 13.3. The molecule has 2 rings (SSSR count). The Hall–Kier alpha value is -2.82. The summed E-state index contributed by atoms with van der Waals surface area (Å²) in [5.74, 6) is -0.489. The molecule has 2 N–H and O–H groups in total. The van der Waals surface area contributed by atoms with E-state index in [0.29, 0.717) is 17.7 Å². The predicted molar refractivity (Wildman–Crippen MR) is 97.9 cm³/mol. The third-order valence-corrected chi connectivity index (χ3v) is 3.94. The van der Waals surface area contributed by atoms with Gasteiger partial charge in [0.2, 0.25) is 0 Å². The molecule has 0 atom stereocenters. The number of alkyl halides is 6. The van der Waals surface area contributed by atoms with Crippen LogP contribution < -0.4 is 15.4 Å². The fraction of sp³-hybridized carbons (Fsp3) is 0.222. The molecule has 0 spiro atoms. The van der Waals surface area contributed by atoms with Crippen molar-refractivity contribution in [2.45, 2.75) is 19.3 Å². The number of halogens is 6. The number of thiocarbonyl (C=S) groups is 1. The van der Waals surface area contributed by atoms with Crippen LogP contribution in [0.2, 0.25) is 0 Å². The van der Waals surface area contributed by atoms with Crippen LogP contribution in [0.1, 0.15) is 27.0 Å². The summed E-state index contributed by atoms with van der Waals surface area (Å²) < 4.78 is 82.6. The number of methoxy groups -OCH3 is 1. The van der Waals surface area contributed by atoms with Gasteiger partial charge in [-0.25, -0.2) is 0 Å². The summed E-state index contributed by atoms with van der Waals surface area (Å²) in [6.07, 6.45) is -10.0. The number of ether oxygens (including phenoxy) is 1. The van der Waals surface area contributed by atoms with Crippen molar-refractivity contribution in [2.24, 2.45) is 0 Å². The molecular formula is C18H14F6N2O2S. The smallest absolute Gasteiger partial charge is 0.416 e. The molecule has 0 aromatic heterocycles. The van der Waals surface area contributed by atoms with Gasteiger partial charge < -0.3 is 10.1 Å². The van der Waals surface area contributed by atoms with Gasteiger partial charge in [-0.3, -0.25) is 10.1 Å². The Kier molecular flexibility index (Phi) is 6.41. The Labute approximate surface area is 166 Å². The van der Waals surface area contributed by atoms with Crippen LogP contribution in [0.5, 0.6) is 5.75 Å². The van der Waals surface area contributed by atoms with Gasteiger partial charge in [0.15, 0.2) is 5.11 Å². The van der Waals surface area contributed by atoms with E-state index in [2.05, 4.69) is 10.6 Å². The Balaban J connectivity index is 2.27. The molecule has 0 saturated heterocycles. The summed E-state index contributed by atoms with van der Waals surface area (Å²) in [6, 6.07) is 5.60. The topological polar surface area (TPSA) is 50.4 Å². The standard InChI is InChI=1S/C18H14F6N2O2S/c1-9-4-3-5-13(14(9)28-2)15(27)26-16(29)25-12-7-10(17(19,20)21)6-11(8-12)18(22,23)24/h3-8H,1-2H3,(H2,25,26,27,29). The van der Waals surface area contributed by atoms with Crippen molar-refractivity contribution < 1.29 is 35.9 Å². The molecule has 2 aromatic carbocycles. The summed E-state index contributed by atoms with van der Waals surface area (Å²) >= 11 is 4.85. The fourth-order valence-corrected chi connectivity index (χ4v) is 2.67. The lowest BCUT2D eigenvalue weighted by Gasteiger charge is -2.16. The van der Waals surface area contributed by atoms with E-state index >= 15 is 0 Å². The average Bonchev–Trinajstić information content (AvgIpc) is 2.59. The summed E-state index contributed by atoms with van der Waals surface area (Å²) in [5.41, 5.74) is -2.86. The van der Waals surface area contributed by atoms with Gasteiger partial charge >= 0.3 is 12.4 Å². The second-order valence-corrected chi connectivity index (χ2v) is 6.27. The normalized spacial score (nSPS) is 11.7. The van der Waals surface area contributed by atoms with Crippen LogP contribution in [0.15, 0.2) is 36.4 Å². The van der Waals surface area contributed by atoms with E-state index in [4.69, 9.17) is 17.0 Å². The molecule has 0 radical (unpaired) electrons. The minimum absolute atomic E-state index is 0.00951. The molecule has 4 nitrogen and oxygen atoms in total. The lowest BCUT2D eigenvalue weighted by atomic mass is 10.1. The largest absolute Gasteiger partial charge is 0.496 e. The number of anilines is 1. The summed E-state index contributed by atoms with van der Waals surface area (Å²) in [7, 11) is 1.34. The van der Waals surface area contributed by atoms with Crippen molar-refractivity contribution in [3.63, 3.8) is 0 Å². The molecule has 0 unspecified atom stereocenters. The molecule has 1 amide bonds. The van der Waals surface area contributed by atoms with Crippen molar-refractivity contribution in [3.8, 4) is 5.75 Å². The highest BCUT2D eigenvalue weighted by Gasteiger charge is 2.37. The zero-order valence-corrected chi connectivity index (χ0v) is 15.8. The molecule has 11 heteroatoms. The molecule has 156 valence electrons. The number of benzene rings is 2. The van der Waals surface area contributed by atoms with Gasteiger partial charge in [0.05, 0.1) is 23.8 Å². The monoisotopic (exact) mass is 436 g/mol. The lowest BCUT2D eigenvalue weighted by Crippen LogP contribution is -2.34. The van der Waals surface area contributed by atoms with E-state index in [1.54, 1.807) is 19.1 Å². The van der Waals surface area contributed by atoms with Gasteiger partial charge in [0.25, 0.3) is 5.91 Å². The quantitative estimate of drug-likeness (QED) is 0.515. The van der Waals surface area contributed by atoms with Crippen LogP contribution in [0, 0.1) is 6.92 Å². The van der Waals surface area contributed by atoms with E-state index in [1.807, 2.05) is 0 Å². The van der Waals surface area contributed by atoms with Crippen LogP contribution >= 0.6 is 12.2 Å². The Morgan fingerprint density at radius 2 is 1.55 bits per heavy atom. The zero-order valence-electron chi connectivity index (χ0n) is 15.0. The minimum Gasteiger partial charge on any atom is -0.496 e. The van der Waals surface area contributed by atoms with Gasteiger partial charge in [0, 0.05) is 5.69 Å². The van der Waals surface area contributed by atoms with E-state index in [-0.39, 0.29) is 17.4 Å². The van der Waals surface area contributed by atoms with E-state index in [0.717, 1.165) is 0 Å². The number of amides is 1. The van der Waals surface area contributed by atoms with Gasteiger partial charge in [-0.1, -0.05) is 12.1 Å². The maximum atomic E-state index is 12.9. The number of carbonyl (C=O) groups excluding carboxylic acids is 1. The van der Waals surface area contributed by atoms with Crippen molar-refractivity contribution in [1.82, 2.24) is 5.32 Å². The number of carbonyl (C=O) groups is 1. The van der Waals surface area contributed by atoms with Crippen molar-refractivity contribution in [1.29, 1.82) is 0 Å². The number of rotatable bonds is 3. The van der Waals surface area contributed by atoms with Gasteiger partial charge in [-0.05, 0) is 49.0 Å². The summed E-state index contributed by atoms with van der Waals surface area (Å²) in [6.45, 7) is 1.69. The minimum atomic E-state index is -5.00. The number of nitrogens with one attached hydrogen (secondary N) is 2. The zero-order chi connectivity index (χ0) is 22.0. The first kappa shape index (κ1) is 22.5. The second kappa shape index (κ2) is 8.27. The molecule has 0 aliphatic heterocycles. The van der Waals surface area contributed by atoms with E-state index in [1.165, 1.54) is 13.2 Å². The first-order valence-corrected chi connectivity index (χ1v) is 8.29. The molecule has 0 bridgehead atoms. The Morgan fingerprint density at radius 1 is 1.00 bits per heavy atom. The molecular weight excluding hydrogens is 422 g/mol. The van der Waals surface area contributed by atoms with Crippen molar-refractivity contribution in [2.75, 3.05) is 12.4 Å². The van der Waals surface area contributed by atoms with Crippen LogP contribution in [-0.4, -0.2) is 18.1 Å². The van der Waals surface area contributed by atoms with Crippen LogP contribution in [-0.2, 0) is 12.4 Å². The van der Waals surface area contributed by atoms with E-state index < -0.39 is 40.2 Å². The highest BCUT2D eigenvalue weighted by Crippen LogP contribution is 2.37. The third kappa shape index (κ3) is 5.59. The summed E-state index contributed by atoms with van der Waals surface area (Å²) in [5, 5.41) is 3.90. The van der Waals surface area contributed by atoms with E-state index in [9.17, 15) is 31.1 Å². The molecule has 2 aromatic rings. The van der Waals surface area contributed by atoms with Gasteiger partial charge in [-0.2, -0.15) is 26.3 Å². The summed E-state index contributed by atoms with van der Waals surface area (Å²) in [4.78, 5) is 12.4. The lowest BCUT2D eigenvalue weighted by molar-refractivity contribution is -0.143. The maximum Gasteiger partial charge on any atom is 0.416 e. The SMILES string of the molecule is COc1c(C)cccc1C(=O)NC(=S)Nc1cc(C(F)(F)F)cc(C(F)(F)F)c1. The number of para-hydroxylation sites is 1. The maximum absolute atomic E-state index is 12.9. The molecule has 0 saturated carbocycles. The third-order valence-electron chi connectivity index (χ3n) is 3.73. The van der Waals surface area contributed by atoms with Crippen LogP contribution in [0.4, 0.5) is 32.0 Å². The number of hydrogen-bond donors (Lipinski definition) is 2. The number of aryl methyl sites for hydroxylation is 1. The molecule has 0 aliphatic rings. The predicted octanol–water partition coefficient (Wildman–Crippen LogP) is 5.17. The first-order valence-electron chi connectivity index (χ1n) is 7.88. The van der Waals surface area contributed by atoms with Gasteiger partial charge in [-0.15, -0.1) is 0 Å². The number of hydrogen-bond acceptors (Lipinski definition) is 3. The second-order valence-electron chi connectivity index (χ2n) is 5.86. The van der Waals surface area contributed by atoms with Crippen LogP contribution in [0.25, 0.3) is 0 Å². The molecule has 0 fully saturated rings. The van der Waals surface area contributed by atoms with Crippen molar-refractivity contribution >= 4 is 28.9 Å². The highest BCUT2D eigenvalue weighted by molar-refractivity contribution is 7.80. The highest BCUT2D eigenvalue weighted by atomic mass is 32.1. The van der Waals surface area contributed by atoms with Crippen LogP contribution in [0.3, 0.4) is 0 Å². The molecule has 0 aliphatic carbocycles. The van der Waals surface area contributed by atoms with Gasteiger partial charge in [0.1, 0.15) is 5.75 Å². The Morgan fingerprint density at radius 3 is 2.03 bits per heavy atom. The molecule has 0 heterocycles. The van der Waals surface area contributed by atoms with Crippen molar-refractivity contribution in [3.05, 3.63) is 58.7 Å². The molecule has 29 heavy (non-hydrogen) atoms. The average molecular weight is 436 g/mol. The fourth-order valence-electron chi connectivity index (χ4n) is 2.46.